The van der Waals surface area contributed by atoms with Crippen LogP contribution in [0.1, 0.15) is 11.7 Å². The highest BCUT2D eigenvalue weighted by atomic mass is 79.9. The van der Waals surface area contributed by atoms with Gasteiger partial charge in [-0.1, -0.05) is 36.4 Å². The van der Waals surface area contributed by atoms with Gasteiger partial charge < -0.3 is 5.11 Å². The second-order valence-corrected chi connectivity index (χ2v) is 4.43. The number of alkyl halides is 3. The average Bonchev–Trinajstić information content (AvgIpc) is 2.28. The number of aliphatic hydroxyl groups excluding tert-OH is 1. The van der Waals surface area contributed by atoms with Crippen LogP contribution >= 0.6 is 15.9 Å². The predicted octanol–water partition coefficient (Wildman–Crippen LogP) is 4.20. The highest BCUT2D eigenvalue weighted by molar-refractivity contribution is 9.10. The topological polar surface area (TPSA) is 20.2 Å². The second-order valence-electron chi connectivity index (χ2n) is 3.63. The summed E-state index contributed by atoms with van der Waals surface area (Å²) in [6, 6.07) is 9.87. The Morgan fingerprint density at radius 3 is 2.35 bits per heavy atom. The highest BCUT2D eigenvalue weighted by Crippen LogP contribution is 2.38. The minimum atomic E-state index is -4.66. The van der Waals surface area contributed by atoms with E-state index in [0.29, 0.717) is 5.39 Å². The Balaban J connectivity index is 2.61. The molecule has 0 aliphatic heterocycles. The van der Waals surface area contributed by atoms with Gasteiger partial charge in [-0.25, -0.2) is 0 Å². The minimum Gasteiger partial charge on any atom is -0.379 e. The van der Waals surface area contributed by atoms with Gasteiger partial charge in [0, 0.05) is 10.0 Å². The Labute approximate surface area is 104 Å². The van der Waals surface area contributed by atoms with Crippen molar-refractivity contribution in [3.63, 3.8) is 0 Å². The Kier molecular flexibility index (Phi) is 3.14. The van der Waals surface area contributed by atoms with E-state index >= 15 is 0 Å². The Hall–Kier alpha value is -1.07. The van der Waals surface area contributed by atoms with E-state index in [2.05, 4.69) is 15.9 Å². The predicted molar refractivity (Wildman–Crippen MR) is 62.7 cm³/mol. The van der Waals surface area contributed by atoms with Crippen LogP contribution in [-0.2, 0) is 0 Å². The van der Waals surface area contributed by atoms with Crippen molar-refractivity contribution in [1.29, 1.82) is 0 Å². The summed E-state index contributed by atoms with van der Waals surface area (Å²) in [7, 11) is 0. The van der Waals surface area contributed by atoms with Crippen molar-refractivity contribution in [1.82, 2.24) is 0 Å². The zero-order chi connectivity index (χ0) is 12.6. The zero-order valence-corrected chi connectivity index (χ0v) is 10.1. The lowest BCUT2D eigenvalue weighted by molar-refractivity contribution is -0.206. The van der Waals surface area contributed by atoms with Gasteiger partial charge in [-0.05, 0) is 26.7 Å². The first kappa shape index (κ1) is 12.4. The monoisotopic (exact) mass is 304 g/mol. The number of hydrogen-bond donors (Lipinski definition) is 1. The van der Waals surface area contributed by atoms with Crippen LogP contribution in [0.3, 0.4) is 0 Å². The molecule has 0 saturated carbocycles. The van der Waals surface area contributed by atoms with E-state index < -0.39 is 12.3 Å². The molecule has 0 fully saturated rings. The fourth-order valence-corrected chi connectivity index (χ4v) is 2.35. The third-order valence-corrected chi connectivity index (χ3v) is 3.38. The molecular formula is C12H8BrF3O. The number of halogens is 4. The molecule has 1 N–H and O–H groups in total. The van der Waals surface area contributed by atoms with E-state index in [1.54, 1.807) is 30.3 Å². The first-order valence-electron chi connectivity index (χ1n) is 4.83. The smallest absolute Gasteiger partial charge is 0.379 e. The summed E-state index contributed by atoms with van der Waals surface area (Å²) in [5, 5.41) is 10.7. The van der Waals surface area contributed by atoms with E-state index in [0.717, 1.165) is 5.39 Å². The highest BCUT2D eigenvalue weighted by Gasteiger charge is 2.40. The van der Waals surface area contributed by atoms with Crippen molar-refractivity contribution in [3.8, 4) is 0 Å². The summed E-state index contributed by atoms with van der Waals surface area (Å²) in [5.41, 5.74) is -0.170. The average molecular weight is 305 g/mol. The Morgan fingerprint density at radius 1 is 1.06 bits per heavy atom. The molecule has 0 radical (unpaired) electrons. The molecule has 0 heterocycles. The molecule has 17 heavy (non-hydrogen) atoms. The largest absolute Gasteiger partial charge is 0.418 e. The quantitative estimate of drug-likeness (QED) is 0.837. The van der Waals surface area contributed by atoms with E-state index in [9.17, 15) is 18.3 Å². The van der Waals surface area contributed by atoms with Crippen molar-refractivity contribution in [2.24, 2.45) is 0 Å². The molecule has 0 saturated heterocycles. The lowest BCUT2D eigenvalue weighted by Gasteiger charge is -2.17. The van der Waals surface area contributed by atoms with Crippen molar-refractivity contribution in [3.05, 3.63) is 46.4 Å². The number of benzene rings is 2. The number of rotatable bonds is 1. The summed E-state index contributed by atoms with van der Waals surface area (Å²) in [6.07, 6.45) is -7.13. The van der Waals surface area contributed by atoms with Crippen LogP contribution in [0, 0.1) is 0 Å². The molecule has 0 bridgehead atoms. The molecule has 0 aliphatic rings. The van der Waals surface area contributed by atoms with Crippen molar-refractivity contribution in [2.45, 2.75) is 12.3 Å². The van der Waals surface area contributed by atoms with Crippen LogP contribution in [0.5, 0.6) is 0 Å². The summed E-state index contributed by atoms with van der Waals surface area (Å²) in [4.78, 5) is 0. The minimum absolute atomic E-state index is 0.170. The maximum Gasteiger partial charge on any atom is 0.418 e. The lowest BCUT2D eigenvalue weighted by Crippen LogP contribution is -2.20. The lowest BCUT2D eigenvalue weighted by atomic mass is 10.0. The van der Waals surface area contributed by atoms with Gasteiger partial charge in [0.25, 0.3) is 0 Å². The van der Waals surface area contributed by atoms with Crippen LogP contribution in [0.15, 0.2) is 40.9 Å². The van der Waals surface area contributed by atoms with E-state index in [-0.39, 0.29) is 10.0 Å². The van der Waals surface area contributed by atoms with Gasteiger partial charge in [0.05, 0.1) is 0 Å². The first-order valence-corrected chi connectivity index (χ1v) is 5.62. The molecule has 1 unspecified atom stereocenters. The van der Waals surface area contributed by atoms with Gasteiger partial charge >= 0.3 is 6.18 Å². The maximum atomic E-state index is 12.4. The van der Waals surface area contributed by atoms with Crippen LogP contribution in [0.4, 0.5) is 13.2 Å². The van der Waals surface area contributed by atoms with E-state index in [1.807, 2.05) is 0 Å². The van der Waals surface area contributed by atoms with E-state index in [1.165, 1.54) is 6.07 Å². The fraction of sp³-hybridized carbons (Fsp3) is 0.167. The summed E-state index contributed by atoms with van der Waals surface area (Å²) < 4.78 is 37.6. The van der Waals surface area contributed by atoms with Crippen LogP contribution in [0.25, 0.3) is 10.8 Å². The molecule has 0 spiro atoms. The van der Waals surface area contributed by atoms with Gasteiger partial charge in [-0.3, -0.25) is 0 Å². The van der Waals surface area contributed by atoms with Crippen LogP contribution in [0.2, 0.25) is 0 Å². The summed E-state index contributed by atoms with van der Waals surface area (Å²) in [5.74, 6) is 0. The second kappa shape index (κ2) is 4.31. The molecule has 1 atom stereocenters. The molecule has 2 aromatic rings. The third-order valence-electron chi connectivity index (χ3n) is 2.50. The van der Waals surface area contributed by atoms with Gasteiger partial charge in [0.2, 0.25) is 0 Å². The standard InChI is InChI=1S/C12H8BrF3O/c13-10-8-4-2-1-3-7(8)5-6-9(10)11(17)12(14,15)16/h1-6,11,17H. The fourth-order valence-electron chi connectivity index (χ4n) is 1.64. The van der Waals surface area contributed by atoms with Crippen molar-refractivity contribution < 1.29 is 18.3 Å². The summed E-state index contributed by atoms with van der Waals surface area (Å²) in [6.45, 7) is 0. The van der Waals surface area contributed by atoms with Crippen molar-refractivity contribution >= 4 is 26.7 Å². The van der Waals surface area contributed by atoms with Crippen LogP contribution in [-0.4, -0.2) is 11.3 Å². The number of fused-ring (bicyclic) bond motifs is 1. The molecule has 90 valence electrons. The van der Waals surface area contributed by atoms with E-state index in [4.69, 9.17) is 0 Å². The van der Waals surface area contributed by atoms with Crippen molar-refractivity contribution in [2.75, 3.05) is 0 Å². The Bertz CT molecular complexity index is 551. The first-order chi connectivity index (χ1) is 7.91. The molecule has 2 rings (SSSR count). The normalized spacial score (nSPS) is 13.9. The molecule has 1 nitrogen and oxygen atoms in total. The number of aliphatic hydroxyl groups is 1. The molecule has 2 aromatic carbocycles. The van der Waals surface area contributed by atoms with Crippen LogP contribution < -0.4 is 0 Å². The molecule has 0 aromatic heterocycles. The molecule has 0 aliphatic carbocycles. The molecule has 0 amide bonds. The summed E-state index contributed by atoms with van der Waals surface area (Å²) >= 11 is 3.11. The van der Waals surface area contributed by atoms with Gasteiger partial charge in [-0.2, -0.15) is 13.2 Å². The van der Waals surface area contributed by atoms with Gasteiger partial charge in [-0.15, -0.1) is 0 Å². The maximum absolute atomic E-state index is 12.4. The van der Waals surface area contributed by atoms with Gasteiger partial charge in [0.1, 0.15) is 0 Å². The van der Waals surface area contributed by atoms with Gasteiger partial charge in [0.15, 0.2) is 6.10 Å². The Morgan fingerprint density at radius 2 is 1.71 bits per heavy atom. The third kappa shape index (κ3) is 2.30. The number of hydrogen-bond acceptors (Lipinski definition) is 1. The molecule has 5 heteroatoms. The zero-order valence-electron chi connectivity index (χ0n) is 8.50. The molecular weight excluding hydrogens is 297 g/mol. The SMILES string of the molecule is OC(c1ccc2ccccc2c1Br)C(F)(F)F.